The molecule has 0 saturated carbocycles. The summed E-state index contributed by atoms with van der Waals surface area (Å²) in [5.41, 5.74) is 3.85. The number of thiazole rings is 1. The average Bonchev–Trinajstić information content (AvgIpc) is 3.54. The van der Waals surface area contributed by atoms with E-state index in [2.05, 4.69) is 38.1 Å². The van der Waals surface area contributed by atoms with Gasteiger partial charge in [0.05, 0.1) is 22.0 Å². The van der Waals surface area contributed by atoms with Crippen molar-refractivity contribution in [1.82, 2.24) is 25.2 Å². The van der Waals surface area contributed by atoms with Crippen molar-refractivity contribution in [2.75, 3.05) is 17.2 Å². The van der Waals surface area contributed by atoms with Crippen molar-refractivity contribution in [3.63, 3.8) is 0 Å². The van der Waals surface area contributed by atoms with Crippen LogP contribution in [0.2, 0.25) is 0 Å². The lowest BCUT2D eigenvalue weighted by atomic mass is 10.1. The summed E-state index contributed by atoms with van der Waals surface area (Å²) < 4.78 is 6.75. The lowest BCUT2D eigenvalue weighted by molar-refractivity contribution is -0.116. The Morgan fingerprint density at radius 3 is 2.59 bits per heavy atom. The van der Waals surface area contributed by atoms with Crippen LogP contribution in [0.4, 0.5) is 15.7 Å². The maximum Gasteiger partial charge on any atom is 0.321 e. The van der Waals surface area contributed by atoms with E-state index in [-0.39, 0.29) is 18.9 Å². The molecular weight excluding hydrogens is 454 g/mol. The van der Waals surface area contributed by atoms with Crippen LogP contribution in [0.1, 0.15) is 30.5 Å². The van der Waals surface area contributed by atoms with Gasteiger partial charge in [-0.25, -0.2) is 14.5 Å². The zero-order valence-corrected chi connectivity index (χ0v) is 19.9. The average molecular weight is 480 g/mol. The molecule has 4 aromatic rings. The third-order valence-corrected chi connectivity index (χ3v) is 6.07. The summed E-state index contributed by atoms with van der Waals surface area (Å²) in [7, 11) is 0. The van der Waals surface area contributed by atoms with Gasteiger partial charge in [-0.2, -0.15) is 5.10 Å². The number of benzene rings is 1. The molecule has 3 heterocycles. The Hall–Kier alpha value is -3.99. The Balaban J connectivity index is 1.30. The molecule has 0 aliphatic carbocycles. The molecule has 0 atom stereocenters. The zero-order valence-electron chi connectivity index (χ0n) is 19.1. The zero-order chi connectivity index (χ0) is 24.1. The van der Waals surface area contributed by atoms with Crippen molar-refractivity contribution in [1.29, 1.82) is 0 Å². The molecule has 176 valence electrons. The van der Waals surface area contributed by atoms with Gasteiger partial charge < -0.3 is 15.2 Å². The molecule has 3 N–H and O–H groups in total. The van der Waals surface area contributed by atoms with Crippen molar-refractivity contribution in [3.05, 3.63) is 59.7 Å². The summed E-state index contributed by atoms with van der Waals surface area (Å²) in [5.74, 6) is 0.678. The highest BCUT2D eigenvalue weighted by molar-refractivity contribution is 7.19. The standard InChI is InChI=1S/C23H25N7O3S/c1-4-17-10-12-30(28-17)18-7-5-16(6-8-18)21-15(3)25-23(34-21)27-22(32)24-11-9-20(31)26-19-13-14(2)33-29-19/h5-8,10,12-13H,4,9,11H2,1-3H3,(H,26,29,31)(H2,24,25,27,32). The van der Waals surface area contributed by atoms with Gasteiger partial charge in [0.2, 0.25) is 5.91 Å². The topological polar surface area (TPSA) is 127 Å². The summed E-state index contributed by atoms with van der Waals surface area (Å²) in [6.07, 6.45) is 2.94. The minimum Gasteiger partial charge on any atom is -0.360 e. The van der Waals surface area contributed by atoms with E-state index in [1.54, 1.807) is 13.0 Å². The SMILES string of the molecule is CCc1ccn(-c2ccc(-c3sc(NC(=O)NCCC(=O)Nc4cc(C)on4)nc3C)cc2)n1. The molecule has 0 saturated heterocycles. The molecule has 0 fully saturated rings. The largest absolute Gasteiger partial charge is 0.360 e. The van der Waals surface area contributed by atoms with Gasteiger partial charge in [0, 0.05) is 25.2 Å². The van der Waals surface area contributed by atoms with E-state index in [1.807, 2.05) is 48.1 Å². The van der Waals surface area contributed by atoms with E-state index < -0.39 is 6.03 Å². The number of carbonyl (C=O) groups is 2. The van der Waals surface area contributed by atoms with Crippen molar-refractivity contribution in [2.45, 2.75) is 33.6 Å². The molecule has 34 heavy (non-hydrogen) atoms. The highest BCUT2D eigenvalue weighted by Crippen LogP contribution is 2.33. The van der Waals surface area contributed by atoms with E-state index in [0.717, 1.165) is 33.9 Å². The Morgan fingerprint density at radius 2 is 1.91 bits per heavy atom. The first-order valence-electron chi connectivity index (χ1n) is 10.8. The number of urea groups is 1. The van der Waals surface area contributed by atoms with Crippen molar-refractivity contribution in [3.8, 4) is 16.1 Å². The van der Waals surface area contributed by atoms with E-state index in [0.29, 0.717) is 16.7 Å². The molecule has 3 aromatic heterocycles. The quantitative estimate of drug-likeness (QED) is 0.346. The molecule has 0 bridgehead atoms. The fourth-order valence-corrected chi connectivity index (χ4v) is 4.21. The van der Waals surface area contributed by atoms with Crippen LogP contribution in [0, 0.1) is 13.8 Å². The number of nitrogens with zero attached hydrogens (tertiary/aromatic N) is 4. The number of carbonyl (C=O) groups excluding carboxylic acids is 2. The van der Waals surface area contributed by atoms with Crippen LogP contribution in [0.5, 0.6) is 0 Å². The Kier molecular flexibility index (Phi) is 7.02. The molecule has 11 heteroatoms. The molecule has 0 aliphatic heterocycles. The van der Waals surface area contributed by atoms with Crippen LogP contribution in [0.25, 0.3) is 16.1 Å². The van der Waals surface area contributed by atoms with Gasteiger partial charge in [-0.15, -0.1) is 0 Å². The van der Waals surface area contributed by atoms with Gasteiger partial charge in [0.25, 0.3) is 0 Å². The number of aromatic nitrogens is 4. The van der Waals surface area contributed by atoms with Crippen LogP contribution in [0.15, 0.2) is 47.1 Å². The first-order chi connectivity index (χ1) is 16.4. The fraction of sp³-hybridized carbons (Fsp3) is 0.261. The maximum absolute atomic E-state index is 12.2. The molecule has 0 unspecified atom stereocenters. The smallest absolute Gasteiger partial charge is 0.321 e. The van der Waals surface area contributed by atoms with Crippen LogP contribution in [0.3, 0.4) is 0 Å². The predicted octanol–water partition coefficient (Wildman–Crippen LogP) is 4.31. The molecule has 0 radical (unpaired) electrons. The summed E-state index contributed by atoms with van der Waals surface area (Å²) in [5, 5.41) is 16.7. The summed E-state index contributed by atoms with van der Waals surface area (Å²) >= 11 is 1.39. The lowest BCUT2D eigenvalue weighted by Gasteiger charge is -2.05. The Bertz CT molecular complexity index is 1290. The minimum atomic E-state index is -0.425. The Labute approximate surface area is 200 Å². The van der Waals surface area contributed by atoms with Crippen LogP contribution in [-0.4, -0.2) is 38.4 Å². The number of hydrogen-bond acceptors (Lipinski definition) is 7. The first-order valence-corrected chi connectivity index (χ1v) is 11.6. The monoisotopic (exact) mass is 479 g/mol. The normalized spacial score (nSPS) is 10.8. The van der Waals surface area contributed by atoms with E-state index >= 15 is 0 Å². The molecule has 1 aromatic carbocycles. The Morgan fingerprint density at radius 1 is 1.12 bits per heavy atom. The minimum absolute atomic E-state index is 0.101. The van der Waals surface area contributed by atoms with Crippen molar-refractivity contribution >= 4 is 34.2 Å². The summed E-state index contributed by atoms with van der Waals surface area (Å²) in [6, 6.07) is 11.2. The number of amides is 3. The summed E-state index contributed by atoms with van der Waals surface area (Å²) in [4.78, 5) is 29.6. The van der Waals surface area contributed by atoms with Gasteiger partial charge in [0.15, 0.2) is 10.9 Å². The second kappa shape index (κ2) is 10.3. The fourth-order valence-electron chi connectivity index (χ4n) is 3.24. The molecule has 4 rings (SSSR count). The van der Waals surface area contributed by atoms with Gasteiger partial charge in [-0.05, 0) is 44.0 Å². The highest BCUT2D eigenvalue weighted by atomic mass is 32.1. The molecule has 0 aliphatic rings. The number of anilines is 2. The first kappa shape index (κ1) is 23.2. The molecular formula is C23H25N7O3S. The molecule has 10 nitrogen and oxygen atoms in total. The summed E-state index contributed by atoms with van der Waals surface area (Å²) in [6.45, 7) is 5.88. The predicted molar refractivity (Wildman–Crippen MR) is 130 cm³/mol. The van der Waals surface area contributed by atoms with Gasteiger partial charge in [-0.3, -0.25) is 10.1 Å². The van der Waals surface area contributed by atoms with Crippen LogP contribution >= 0.6 is 11.3 Å². The van der Waals surface area contributed by atoms with E-state index in [9.17, 15) is 9.59 Å². The van der Waals surface area contributed by atoms with E-state index in [4.69, 9.17) is 4.52 Å². The second-order valence-electron chi connectivity index (χ2n) is 7.59. The van der Waals surface area contributed by atoms with E-state index in [1.165, 1.54) is 11.3 Å². The van der Waals surface area contributed by atoms with Gasteiger partial charge in [0.1, 0.15) is 5.76 Å². The van der Waals surface area contributed by atoms with Crippen molar-refractivity contribution in [2.24, 2.45) is 0 Å². The third-order valence-electron chi connectivity index (χ3n) is 4.95. The number of rotatable bonds is 8. The third kappa shape index (κ3) is 5.67. The molecule has 0 spiro atoms. The van der Waals surface area contributed by atoms with Crippen LogP contribution in [-0.2, 0) is 11.2 Å². The molecule has 3 amide bonds. The van der Waals surface area contributed by atoms with Gasteiger partial charge in [-0.1, -0.05) is 35.5 Å². The lowest BCUT2D eigenvalue weighted by Crippen LogP contribution is -2.31. The van der Waals surface area contributed by atoms with Crippen LogP contribution < -0.4 is 16.0 Å². The number of aryl methyl sites for hydroxylation is 3. The maximum atomic E-state index is 12.2. The highest BCUT2D eigenvalue weighted by Gasteiger charge is 2.13. The number of hydrogen-bond donors (Lipinski definition) is 3. The number of nitrogens with one attached hydrogen (secondary N) is 3. The van der Waals surface area contributed by atoms with Gasteiger partial charge >= 0.3 is 6.03 Å². The second-order valence-corrected chi connectivity index (χ2v) is 8.59. The van der Waals surface area contributed by atoms with Crippen molar-refractivity contribution < 1.29 is 14.1 Å².